The number of anilines is 2. The molecular weight excluding hydrogens is 942 g/mol. The van der Waals surface area contributed by atoms with E-state index in [1.54, 1.807) is 7.05 Å². The molecule has 4 aliphatic heterocycles. The average molecular weight is 999 g/mol. The number of piperidine rings is 2. The molecule has 5 aromatic rings. The summed E-state index contributed by atoms with van der Waals surface area (Å²) in [7, 11) is 1.56. The van der Waals surface area contributed by atoms with Crippen molar-refractivity contribution in [2.45, 2.75) is 94.2 Å². The lowest BCUT2D eigenvalue weighted by Crippen LogP contribution is -2.51. The minimum atomic E-state index is -1.10. The van der Waals surface area contributed by atoms with Crippen molar-refractivity contribution in [1.29, 1.82) is 0 Å². The Bertz CT molecular complexity index is 2950. The minimum Gasteiger partial charge on any atom is -0.480 e. The number of nitrogens with two attached hydrogens (primary N) is 2. The molecule has 2 atom stereocenters. The number of nitrogen functional groups attached to an aromatic ring is 1. The maximum Gasteiger partial charge on any atom is 0.329 e. The van der Waals surface area contributed by atoms with Crippen LogP contribution in [0.5, 0.6) is 5.75 Å². The number of carbonyl (C=O) groups excluding carboxylic acids is 4. The van der Waals surface area contributed by atoms with E-state index in [0.29, 0.717) is 57.4 Å². The van der Waals surface area contributed by atoms with Gasteiger partial charge < -0.3 is 31.3 Å². The highest BCUT2D eigenvalue weighted by atomic mass is 35.5. The van der Waals surface area contributed by atoms with Gasteiger partial charge in [0.15, 0.2) is 23.1 Å². The van der Waals surface area contributed by atoms with E-state index < -0.39 is 52.6 Å². The standard InChI is InChI=1S/C52H56ClF4N9O5/c1-27-40-38(25-36(55)44(53)43(40)42-33(48(59)68)12-13-37(58)45(42)56)71-52(27,30-6-4-3-5-7-30)26-60-31-10-8-29(9-11-31)50(69)65-21-16-32(17-22-65)64-19-14-28(15-20-64)41-35(54)24-34-47(46(41)57)63(2)62-49(34)66-23-18-39(67)61-51(66)70/h3-7,12-13,24-25,27-29,31-32,60H,8-11,14-23,26,58H2,1-2H3,(H2,59,68)(H,61,67,70). The van der Waals surface area contributed by atoms with Crippen molar-refractivity contribution in [1.82, 2.24) is 30.2 Å². The number of carbonyl (C=O) groups is 4. The van der Waals surface area contributed by atoms with Crippen LogP contribution in [0, 0.1) is 29.2 Å². The van der Waals surface area contributed by atoms with Gasteiger partial charge in [0.2, 0.25) is 17.7 Å². The predicted octanol–water partition coefficient (Wildman–Crippen LogP) is 7.99. The van der Waals surface area contributed by atoms with E-state index in [1.807, 2.05) is 42.2 Å². The van der Waals surface area contributed by atoms with Crippen molar-refractivity contribution in [3.8, 4) is 16.9 Å². The summed E-state index contributed by atoms with van der Waals surface area (Å²) in [4.78, 5) is 56.5. The number of hydrogen-bond donors (Lipinski definition) is 4. The number of halogens is 5. The van der Waals surface area contributed by atoms with Gasteiger partial charge >= 0.3 is 6.03 Å². The number of benzene rings is 4. The van der Waals surface area contributed by atoms with Crippen molar-refractivity contribution in [2.24, 2.45) is 18.7 Å². The van der Waals surface area contributed by atoms with Crippen molar-refractivity contribution < 1.29 is 41.5 Å². The van der Waals surface area contributed by atoms with Crippen LogP contribution in [-0.4, -0.2) is 94.7 Å². The van der Waals surface area contributed by atoms with Gasteiger partial charge in [-0.3, -0.25) is 29.3 Å². The van der Waals surface area contributed by atoms with Crippen molar-refractivity contribution in [3.63, 3.8) is 0 Å². The number of fused-ring (bicyclic) bond motifs is 2. The number of likely N-dealkylation sites (tertiary alicyclic amines) is 2. The average Bonchev–Trinajstić information content (AvgIpc) is 3.84. The van der Waals surface area contributed by atoms with Gasteiger partial charge in [-0.1, -0.05) is 48.9 Å². The molecule has 0 radical (unpaired) electrons. The molecular formula is C52H56ClF4N9O5. The van der Waals surface area contributed by atoms with Gasteiger partial charge in [0.1, 0.15) is 22.9 Å². The molecule has 1 aromatic heterocycles. The molecule has 374 valence electrons. The summed E-state index contributed by atoms with van der Waals surface area (Å²) in [6.45, 7) is 4.86. The normalized spacial score (nSPS) is 23.5. The van der Waals surface area contributed by atoms with E-state index in [1.165, 1.54) is 33.8 Å². The molecule has 2 unspecified atom stereocenters. The molecule has 0 spiro atoms. The predicted molar refractivity (Wildman–Crippen MR) is 260 cm³/mol. The Kier molecular flexibility index (Phi) is 13.0. The fourth-order valence-corrected chi connectivity index (χ4v) is 12.3. The zero-order valence-corrected chi connectivity index (χ0v) is 40.3. The van der Waals surface area contributed by atoms with Crippen LogP contribution in [0.3, 0.4) is 0 Å². The number of imide groups is 1. The molecule has 4 fully saturated rings. The molecule has 3 saturated heterocycles. The Morgan fingerprint density at radius 3 is 2.25 bits per heavy atom. The second kappa shape index (κ2) is 19.1. The zero-order valence-electron chi connectivity index (χ0n) is 39.5. The summed E-state index contributed by atoms with van der Waals surface area (Å²) in [5.41, 5.74) is 11.2. The number of nitrogens with one attached hydrogen (secondary N) is 2. The van der Waals surface area contributed by atoms with E-state index in [-0.39, 0.29) is 105 Å². The van der Waals surface area contributed by atoms with Crippen LogP contribution < -0.4 is 31.7 Å². The maximum atomic E-state index is 16.3. The van der Waals surface area contributed by atoms with E-state index in [0.717, 1.165) is 31.2 Å². The first-order valence-corrected chi connectivity index (χ1v) is 24.8. The number of nitrogens with zero attached hydrogens (tertiary/aromatic N) is 5. The van der Waals surface area contributed by atoms with Crippen LogP contribution in [0.1, 0.15) is 104 Å². The van der Waals surface area contributed by atoms with Gasteiger partial charge in [0.25, 0.3) is 0 Å². The molecule has 6 N–H and O–H groups in total. The number of rotatable bonds is 10. The van der Waals surface area contributed by atoms with Gasteiger partial charge in [-0.2, -0.15) is 5.10 Å². The van der Waals surface area contributed by atoms with Gasteiger partial charge in [0.05, 0.1) is 21.7 Å². The van der Waals surface area contributed by atoms with E-state index in [2.05, 4.69) is 20.6 Å². The fraction of sp³-hybridized carbons (Fsp3) is 0.442. The van der Waals surface area contributed by atoms with Gasteiger partial charge in [0, 0.05) is 91.9 Å². The van der Waals surface area contributed by atoms with Crippen molar-refractivity contribution in [2.75, 3.05) is 49.9 Å². The monoisotopic (exact) mass is 997 g/mol. The van der Waals surface area contributed by atoms with Gasteiger partial charge in [-0.05, 0) is 94.1 Å². The molecule has 1 aliphatic carbocycles. The zero-order chi connectivity index (χ0) is 50.0. The van der Waals surface area contributed by atoms with Crippen LogP contribution in [0.2, 0.25) is 5.02 Å². The van der Waals surface area contributed by atoms with Crippen LogP contribution >= 0.6 is 11.6 Å². The first-order chi connectivity index (χ1) is 34.1. The molecule has 5 heterocycles. The second-order valence-electron chi connectivity index (χ2n) is 19.8. The summed E-state index contributed by atoms with van der Waals surface area (Å²) in [5, 5.41) is 10.1. The summed E-state index contributed by atoms with van der Waals surface area (Å²) >= 11 is 6.65. The Morgan fingerprint density at radius 1 is 0.873 bits per heavy atom. The highest BCUT2D eigenvalue weighted by molar-refractivity contribution is 6.34. The largest absolute Gasteiger partial charge is 0.480 e. The molecule has 10 rings (SSSR count). The summed E-state index contributed by atoms with van der Waals surface area (Å²) in [6.07, 6.45) is 5.68. The Morgan fingerprint density at radius 2 is 1.58 bits per heavy atom. The third-order valence-electron chi connectivity index (χ3n) is 15.9. The first kappa shape index (κ1) is 48.4. The van der Waals surface area contributed by atoms with Crippen molar-refractivity contribution in [3.05, 3.63) is 105 Å². The van der Waals surface area contributed by atoms with Gasteiger partial charge in [-0.15, -0.1) is 0 Å². The summed E-state index contributed by atoms with van der Waals surface area (Å²) in [5.74, 6) is -5.07. The number of primary amides is 1. The molecule has 14 nitrogen and oxygen atoms in total. The number of aromatic nitrogens is 2. The number of amides is 5. The van der Waals surface area contributed by atoms with Crippen molar-refractivity contribution >= 4 is 57.8 Å². The van der Waals surface area contributed by atoms with E-state index in [9.17, 15) is 19.2 Å². The Labute approximate surface area is 412 Å². The lowest BCUT2D eigenvalue weighted by molar-refractivity contribution is -0.138. The molecule has 19 heteroatoms. The lowest BCUT2D eigenvalue weighted by Gasteiger charge is -2.43. The maximum absolute atomic E-state index is 16.3. The summed E-state index contributed by atoms with van der Waals surface area (Å²) in [6, 6.07) is 14.1. The molecule has 0 bridgehead atoms. The number of aryl methyl sites for hydroxylation is 1. The quantitative estimate of drug-likeness (QED) is 0.0797. The lowest BCUT2D eigenvalue weighted by atomic mass is 9.77. The molecule has 5 amide bonds. The topological polar surface area (TPSA) is 181 Å². The number of ether oxygens (including phenoxy) is 1. The fourth-order valence-electron chi connectivity index (χ4n) is 12.1. The molecule has 4 aromatic carbocycles. The number of urea groups is 1. The third-order valence-corrected chi connectivity index (χ3v) is 16.3. The van der Waals surface area contributed by atoms with Crippen LogP contribution in [0.4, 0.5) is 33.9 Å². The van der Waals surface area contributed by atoms with E-state index in [4.69, 9.17) is 27.8 Å². The van der Waals surface area contributed by atoms with Crippen LogP contribution in [0.25, 0.3) is 22.0 Å². The third kappa shape index (κ3) is 8.54. The molecule has 1 saturated carbocycles. The second-order valence-corrected chi connectivity index (χ2v) is 20.2. The SMILES string of the molecule is CC1c2c(cc(F)c(Cl)c2-c2c(C(N)=O)ccc(N)c2F)OC1(CNC1CCC(C(=O)N2CCC(N3CCC(c4c(F)cc5c(N6CCC(=O)NC6=O)nn(C)c5c4F)CC3)CC2)CC1)c1ccccc1. The minimum absolute atomic E-state index is 0.0305. The van der Waals surface area contributed by atoms with Crippen LogP contribution in [-0.2, 0) is 22.2 Å². The highest BCUT2D eigenvalue weighted by Gasteiger charge is 2.50. The number of hydrogen-bond acceptors (Lipinski definition) is 9. The highest BCUT2D eigenvalue weighted by Crippen LogP contribution is 2.56. The Hall–Kier alpha value is -6.24. The molecule has 5 aliphatic rings. The van der Waals surface area contributed by atoms with E-state index >= 15 is 17.6 Å². The molecule has 71 heavy (non-hydrogen) atoms. The summed E-state index contributed by atoms with van der Waals surface area (Å²) < 4.78 is 71.9. The first-order valence-electron chi connectivity index (χ1n) is 24.4. The van der Waals surface area contributed by atoms with Gasteiger partial charge in [-0.25, -0.2) is 22.4 Å². The Balaban J connectivity index is 0.750. The smallest absolute Gasteiger partial charge is 0.329 e. The van der Waals surface area contributed by atoms with Crippen LogP contribution in [0.15, 0.2) is 54.6 Å².